The lowest BCUT2D eigenvalue weighted by Crippen LogP contribution is -2.22. The summed E-state index contributed by atoms with van der Waals surface area (Å²) in [5, 5.41) is 9.93. The summed E-state index contributed by atoms with van der Waals surface area (Å²) in [5.41, 5.74) is 1.94. The Balaban J connectivity index is 2.94. The Morgan fingerprint density at radius 3 is 2.53 bits per heavy atom. The number of hydrogen-bond donors (Lipinski definition) is 1. The maximum absolute atomic E-state index is 12.0. The number of pyridine rings is 1. The van der Waals surface area contributed by atoms with Crippen LogP contribution in [0.5, 0.6) is 0 Å². The quantitative estimate of drug-likeness (QED) is 0.922. The van der Waals surface area contributed by atoms with Crippen molar-refractivity contribution in [2.24, 2.45) is 0 Å². The predicted octanol–water partition coefficient (Wildman–Crippen LogP) is 2.84. The maximum atomic E-state index is 12.0. The van der Waals surface area contributed by atoms with Gasteiger partial charge >= 0.3 is 5.97 Å². The first-order valence-electron chi connectivity index (χ1n) is 6.37. The zero-order valence-electron chi connectivity index (χ0n) is 11.3. The first-order chi connectivity index (χ1) is 8.95. The van der Waals surface area contributed by atoms with E-state index in [-0.39, 0.29) is 17.2 Å². The lowest BCUT2D eigenvalue weighted by Gasteiger charge is -2.17. The third-order valence-corrected chi connectivity index (χ3v) is 3.25. The fourth-order valence-corrected chi connectivity index (χ4v) is 2.40. The van der Waals surface area contributed by atoms with E-state index in [2.05, 4.69) is 0 Å². The van der Waals surface area contributed by atoms with Crippen LogP contribution in [0.15, 0.2) is 29.1 Å². The van der Waals surface area contributed by atoms with Crippen molar-refractivity contribution in [2.45, 2.75) is 33.2 Å². The highest BCUT2D eigenvalue weighted by molar-refractivity contribution is 5.95. The summed E-state index contributed by atoms with van der Waals surface area (Å²) in [6.07, 6.45) is 0.688. The number of carboxylic acids is 1. The molecule has 0 spiro atoms. The van der Waals surface area contributed by atoms with Gasteiger partial charge in [0.05, 0.1) is 11.1 Å². The average Bonchev–Trinajstić information content (AvgIpc) is 2.36. The number of nitrogens with zero attached hydrogens (tertiary/aromatic N) is 1. The van der Waals surface area contributed by atoms with Crippen LogP contribution in [0.2, 0.25) is 0 Å². The van der Waals surface area contributed by atoms with Gasteiger partial charge in [-0.05, 0) is 49.4 Å². The van der Waals surface area contributed by atoms with Crippen LogP contribution < -0.4 is 5.56 Å². The molecule has 2 aromatic rings. The van der Waals surface area contributed by atoms with Crippen LogP contribution in [0.4, 0.5) is 0 Å². The molecule has 2 rings (SSSR count). The minimum Gasteiger partial charge on any atom is -0.478 e. The van der Waals surface area contributed by atoms with E-state index in [1.807, 2.05) is 20.8 Å². The van der Waals surface area contributed by atoms with Crippen LogP contribution in [-0.4, -0.2) is 15.6 Å². The van der Waals surface area contributed by atoms with Crippen LogP contribution in [0.25, 0.3) is 10.9 Å². The summed E-state index contributed by atoms with van der Waals surface area (Å²) in [5.74, 6) is -0.945. The van der Waals surface area contributed by atoms with Gasteiger partial charge in [0.2, 0.25) is 0 Å². The molecule has 0 bridgehead atoms. The summed E-state index contributed by atoms with van der Waals surface area (Å²) in [4.78, 5) is 23.1. The van der Waals surface area contributed by atoms with Crippen LogP contribution in [-0.2, 0) is 6.42 Å². The van der Waals surface area contributed by atoms with Gasteiger partial charge in [-0.2, -0.15) is 0 Å². The Bertz CT molecular complexity index is 698. The molecular weight excluding hydrogens is 242 g/mol. The second kappa shape index (κ2) is 4.88. The second-order valence-electron chi connectivity index (χ2n) is 4.87. The Labute approximate surface area is 111 Å². The van der Waals surface area contributed by atoms with E-state index in [1.165, 1.54) is 6.07 Å². The summed E-state index contributed by atoms with van der Waals surface area (Å²) >= 11 is 0. The van der Waals surface area contributed by atoms with E-state index in [1.54, 1.807) is 22.8 Å². The Morgan fingerprint density at radius 1 is 1.32 bits per heavy atom. The highest BCUT2D eigenvalue weighted by atomic mass is 16.4. The summed E-state index contributed by atoms with van der Waals surface area (Å²) in [6, 6.07) is 6.51. The Hall–Kier alpha value is -2.10. The van der Waals surface area contributed by atoms with Gasteiger partial charge in [0.1, 0.15) is 0 Å². The number of fused-ring (bicyclic) bond motifs is 1. The summed E-state index contributed by atoms with van der Waals surface area (Å²) in [7, 11) is 0. The molecule has 19 heavy (non-hydrogen) atoms. The van der Waals surface area contributed by atoms with Crippen molar-refractivity contribution < 1.29 is 9.90 Å². The number of rotatable bonds is 3. The lowest BCUT2D eigenvalue weighted by atomic mass is 10.0. The highest BCUT2D eigenvalue weighted by Gasteiger charge is 2.13. The molecule has 0 fully saturated rings. The van der Waals surface area contributed by atoms with Crippen molar-refractivity contribution in [1.29, 1.82) is 0 Å². The first-order valence-corrected chi connectivity index (χ1v) is 6.37. The van der Waals surface area contributed by atoms with E-state index in [9.17, 15) is 9.59 Å². The van der Waals surface area contributed by atoms with Crippen molar-refractivity contribution in [2.75, 3.05) is 0 Å². The standard InChI is InChI=1S/C15H17NO3/c1-4-10-7-12(15(18)19)8-11-5-6-13(17)16(9(2)3)14(10)11/h5-9H,4H2,1-3H3,(H,18,19). The van der Waals surface area contributed by atoms with Crippen LogP contribution in [0.1, 0.15) is 42.7 Å². The molecule has 0 amide bonds. The number of carboxylic acid groups (broad SMARTS) is 1. The zero-order valence-corrected chi connectivity index (χ0v) is 11.3. The SMILES string of the molecule is CCc1cc(C(=O)O)cc2ccc(=O)n(C(C)C)c12. The molecule has 0 atom stereocenters. The molecule has 0 aliphatic rings. The fourth-order valence-electron chi connectivity index (χ4n) is 2.40. The Kier molecular flexibility index (Phi) is 3.42. The van der Waals surface area contributed by atoms with Gasteiger partial charge in [-0.3, -0.25) is 4.79 Å². The highest BCUT2D eigenvalue weighted by Crippen LogP contribution is 2.23. The maximum Gasteiger partial charge on any atom is 0.335 e. The molecule has 4 heteroatoms. The van der Waals surface area contributed by atoms with Crippen molar-refractivity contribution in [3.8, 4) is 0 Å². The zero-order chi connectivity index (χ0) is 14.2. The van der Waals surface area contributed by atoms with Gasteiger partial charge in [-0.15, -0.1) is 0 Å². The average molecular weight is 259 g/mol. The van der Waals surface area contributed by atoms with Crippen LogP contribution in [0, 0.1) is 0 Å². The third-order valence-electron chi connectivity index (χ3n) is 3.25. The van der Waals surface area contributed by atoms with Crippen molar-refractivity contribution >= 4 is 16.9 Å². The van der Waals surface area contributed by atoms with E-state index >= 15 is 0 Å². The summed E-state index contributed by atoms with van der Waals surface area (Å²) in [6.45, 7) is 5.86. The molecule has 0 aliphatic heterocycles. The molecule has 0 saturated carbocycles. The molecule has 1 heterocycles. The van der Waals surface area contributed by atoms with Crippen LogP contribution in [0.3, 0.4) is 0 Å². The van der Waals surface area contributed by atoms with E-state index in [4.69, 9.17) is 5.11 Å². The van der Waals surface area contributed by atoms with Crippen LogP contribution >= 0.6 is 0 Å². The number of hydrogen-bond acceptors (Lipinski definition) is 2. The molecule has 0 radical (unpaired) electrons. The second-order valence-corrected chi connectivity index (χ2v) is 4.87. The number of aromatic nitrogens is 1. The van der Waals surface area contributed by atoms with Crippen molar-refractivity contribution in [1.82, 2.24) is 4.57 Å². The number of benzene rings is 1. The van der Waals surface area contributed by atoms with Gasteiger partial charge < -0.3 is 9.67 Å². The topological polar surface area (TPSA) is 59.3 Å². The molecule has 1 N–H and O–H groups in total. The molecule has 4 nitrogen and oxygen atoms in total. The van der Waals surface area contributed by atoms with E-state index in [0.29, 0.717) is 6.42 Å². The first kappa shape index (κ1) is 13.3. The predicted molar refractivity (Wildman–Crippen MR) is 74.9 cm³/mol. The largest absolute Gasteiger partial charge is 0.478 e. The van der Waals surface area contributed by atoms with Crippen molar-refractivity contribution in [3.05, 3.63) is 45.7 Å². The van der Waals surface area contributed by atoms with Gasteiger partial charge in [-0.25, -0.2) is 4.79 Å². The lowest BCUT2D eigenvalue weighted by molar-refractivity contribution is 0.0697. The number of aromatic carboxylic acids is 1. The number of aryl methyl sites for hydroxylation is 1. The van der Waals surface area contributed by atoms with Crippen molar-refractivity contribution in [3.63, 3.8) is 0 Å². The van der Waals surface area contributed by atoms with Gasteiger partial charge in [0, 0.05) is 12.1 Å². The molecule has 0 aliphatic carbocycles. The van der Waals surface area contributed by atoms with Gasteiger partial charge in [0.25, 0.3) is 5.56 Å². The Morgan fingerprint density at radius 2 is 2.00 bits per heavy atom. The normalized spacial score (nSPS) is 11.2. The molecule has 0 unspecified atom stereocenters. The monoisotopic (exact) mass is 259 g/mol. The third kappa shape index (κ3) is 2.26. The van der Waals surface area contributed by atoms with E-state index < -0.39 is 5.97 Å². The summed E-state index contributed by atoms with van der Waals surface area (Å²) < 4.78 is 1.72. The molecule has 100 valence electrons. The minimum absolute atomic E-state index is 0.0391. The molecule has 1 aromatic carbocycles. The number of carbonyl (C=O) groups is 1. The van der Waals surface area contributed by atoms with Gasteiger partial charge in [-0.1, -0.05) is 6.92 Å². The van der Waals surface area contributed by atoms with Gasteiger partial charge in [0.15, 0.2) is 0 Å². The smallest absolute Gasteiger partial charge is 0.335 e. The minimum atomic E-state index is -0.945. The molecular formula is C15H17NO3. The molecule has 1 aromatic heterocycles. The van der Waals surface area contributed by atoms with E-state index in [0.717, 1.165) is 16.5 Å². The molecule has 0 saturated heterocycles. The fraction of sp³-hybridized carbons (Fsp3) is 0.333.